The molecule has 3 heterocycles. The highest BCUT2D eigenvalue weighted by Crippen LogP contribution is 2.40. The predicted octanol–water partition coefficient (Wildman–Crippen LogP) is 4.09. The average molecular weight is 593 g/mol. The maximum atomic E-state index is 15.9. The van der Waals surface area contributed by atoms with Crippen LogP contribution in [-0.4, -0.2) is 64.3 Å². The summed E-state index contributed by atoms with van der Waals surface area (Å²) in [6.07, 6.45) is 2.76. The molecule has 1 atom stereocenters. The summed E-state index contributed by atoms with van der Waals surface area (Å²) < 4.78 is 45.6. The summed E-state index contributed by atoms with van der Waals surface area (Å²) in [6.45, 7) is 11.3. The van der Waals surface area contributed by atoms with Gasteiger partial charge in [-0.05, 0) is 63.6 Å². The number of aryl methyl sites for hydroxylation is 1. The fourth-order valence-electron chi connectivity index (χ4n) is 5.54. The van der Waals surface area contributed by atoms with Crippen molar-refractivity contribution in [2.75, 3.05) is 43.6 Å². The van der Waals surface area contributed by atoms with Crippen molar-refractivity contribution in [3.8, 4) is 16.8 Å². The van der Waals surface area contributed by atoms with Gasteiger partial charge in [0, 0.05) is 59.4 Å². The van der Waals surface area contributed by atoms with Crippen LogP contribution < -0.4 is 21.6 Å². The molecule has 1 fully saturated rings. The molecule has 0 bridgehead atoms. The Bertz CT molecular complexity index is 1850. The van der Waals surface area contributed by atoms with E-state index >= 15 is 8.78 Å². The van der Waals surface area contributed by atoms with Crippen molar-refractivity contribution in [2.45, 2.75) is 19.9 Å². The van der Waals surface area contributed by atoms with E-state index in [4.69, 9.17) is 5.73 Å². The van der Waals surface area contributed by atoms with Crippen LogP contribution in [0.2, 0.25) is 0 Å². The Morgan fingerprint density at radius 2 is 1.90 bits per heavy atom. The van der Waals surface area contributed by atoms with Crippen molar-refractivity contribution >= 4 is 40.8 Å². The number of piperazine rings is 1. The molecule has 0 radical (unpaired) electrons. The lowest BCUT2D eigenvalue weighted by atomic mass is 10.00. The number of benzene rings is 2. The molecule has 0 spiro atoms. The first-order valence-corrected chi connectivity index (χ1v) is 15.9. The van der Waals surface area contributed by atoms with Crippen LogP contribution in [0.4, 0.5) is 20.3 Å². The van der Waals surface area contributed by atoms with Crippen LogP contribution in [-0.2, 0) is 9.36 Å². The number of hydrogen-bond donors (Lipinski definition) is 1. The van der Waals surface area contributed by atoms with E-state index in [2.05, 4.69) is 16.5 Å². The smallest absolute Gasteiger partial charge is 0.354 e. The number of nitrogen functional groups attached to an aromatic ring is 1. The molecule has 218 valence electrons. The zero-order valence-electron chi connectivity index (χ0n) is 23.8. The van der Waals surface area contributed by atoms with Gasteiger partial charge in [0.25, 0.3) is 0 Å². The summed E-state index contributed by atoms with van der Waals surface area (Å²) in [4.78, 5) is 38.4. The molecule has 2 aromatic carbocycles. The number of carbonyl (C=O) groups excluding carboxylic acids is 1. The third-order valence-electron chi connectivity index (χ3n) is 7.55. The number of rotatable bonds is 5. The second-order valence-corrected chi connectivity index (χ2v) is 13.9. The van der Waals surface area contributed by atoms with Gasteiger partial charge in [-0.2, -0.15) is 4.98 Å². The van der Waals surface area contributed by atoms with Gasteiger partial charge in [0.05, 0.1) is 16.9 Å². The van der Waals surface area contributed by atoms with Gasteiger partial charge in [0.2, 0.25) is 5.91 Å². The highest BCUT2D eigenvalue weighted by Gasteiger charge is 2.31. The van der Waals surface area contributed by atoms with Crippen LogP contribution >= 0.6 is 7.14 Å². The number of pyridine rings is 1. The minimum atomic E-state index is -2.95. The molecule has 1 aliphatic rings. The molecule has 1 saturated heterocycles. The lowest BCUT2D eigenvalue weighted by Crippen LogP contribution is -2.54. The van der Waals surface area contributed by atoms with E-state index in [1.807, 2.05) is 11.8 Å². The van der Waals surface area contributed by atoms with Gasteiger partial charge in [-0.15, -0.1) is 0 Å². The number of halogens is 2. The molecule has 5 rings (SSSR count). The largest absolute Gasteiger partial charge is 0.398 e. The third-order valence-corrected chi connectivity index (χ3v) is 9.07. The number of nitrogens with zero attached hydrogens (tertiary/aromatic N) is 5. The van der Waals surface area contributed by atoms with E-state index in [0.717, 1.165) is 0 Å². The minimum Gasteiger partial charge on any atom is -0.398 e. The van der Waals surface area contributed by atoms with Gasteiger partial charge in [-0.3, -0.25) is 14.3 Å². The number of amides is 1. The highest BCUT2D eigenvalue weighted by molar-refractivity contribution is 7.70. The molecule has 4 aromatic rings. The van der Waals surface area contributed by atoms with Crippen molar-refractivity contribution in [2.24, 2.45) is 0 Å². The fraction of sp³-hybridized carbons (Fsp3) is 0.267. The number of carbonyl (C=O) groups is 1. The van der Waals surface area contributed by atoms with Crippen LogP contribution in [0.3, 0.4) is 0 Å². The number of hydrogen-bond acceptors (Lipinski definition) is 7. The van der Waals surface area contributed by atoms with Gasteiger partial charge in [0.15, 0.2) is 0 Å². The first-order valence-electron chi connectivity index (χ1n) is 13.3. The fourth-order valence-corrected chi connectivity index (χ4v) is 6.74. The first kappa shape index (κ1) is 29.1. The van der Waals surface area contributed by atoms with Gasteiger partial charge in [0.1, 0.15) is 24.6 Å². The van der Waals surface area contributed by atoms with Crippen LogP contribution in [0, 0.1) is 18.6 Å². The zero-order valence-corrected chi connectivity index (χ0v) is 24.7. The average Bonchev–Trinajstić information content (AvgIpc) is 2.92. The van der Waals surface area contributed by atoms with Crippen LogP contribution in [0.1, 0.15) is 12.6 Å². The molecule has 1 amide bonds. The minimum absolute atomic E-state index is 0.0259. The van der Waals surface area contributed by atoms with Crippen molar-refractivity contribution in [3.63, 3.8) is 0 Å². The molecule has 0 aliphatic carbocycles. The Morgan fingerprint density at radius 1 is 1.17 bits per heavy atom. The molecule has 1 aliphatic heterocycles. The number of nitrogens with two attached hydrogens (primary N) is 1. The van der Waals surface area contributed by atoms with Gasteiger partial charge in [-0.25, -0.2) is 13.6 Å². The Balaban J connectivity index is 1.86. The Hall–Kier alpha value is -4.37. The predicted molar refractivity (Wildman–Crippen MR) is 162 cm³/mol. The highest BCUT2D eigenvalue weighted by atomic mass is 31.2. The molecule has 0 unspecified atom stereocenters. The third kappa shape index (κ3) is 4.98. The maximum absolute atomic E-state index is 15.9. The number of aromatic nitrogens is 3. The summed E-state index contributed by atoms with van der Waals surface area (Å²) in [6, 6.07) is 7.97. The topological polar surface area (TPSA) is 114 Å². The summed E-state index contributed by atoms with van der Waals surface area (Å²) in [7, 11) is -2.95. The van der Waals surface area contributed by atoms with Crippen molar-refractivity contribution in [1.82, 2.24) is 19.4 Å². The SMILES string of the molecule is C=CC(=O)N1CCN(c2nc(=O)n(-c3c(P(C)(C)=O)ccnc3C)c3cc(-c4c(N)cccc4F)c(F)cc23)[C@@H](C)C1. The van der Waals surface area contributed by atoms with Crippen molar-refractivity contribution in [1.29, 1.82) is 0 Å². The lowest BCUT2D eigenvalue weighted by molar-refractivity contribution is -0.126. The van der Waals surface area contributed by atoms with E-state index < -0.39 is 24.5 Å². The lowest BCUT2D eigenvalue weighted by Gasteiger charge is -2.40. The monoisotopic (exact) mass is 592 g/mol. The number of anilines is 2. The maximum Gasteiger partial charge on any atom is 0.354 e. The van der Waals surface area contributed by atoms with E-state index in [-0.39, 0.29) is 51.2 Å². The molecular formula is C30H31F2N6O3P. The first-order chi connectivity index (χ1) is 19.8. The Labute approximate surface area is 241 Å². The molecule has 2 N–H and O–H groups in total. The van der Waals surface area contributed by atoms with Gasteiger partial charge < -0.3 is 20.1 Å². The van der Waals surface area contributed by atoms with E-state index in [0.29, 0.717) is 30.6 Å². The standard InChI is InChI=1S/C30H31F2N6O3P/c1-6-26(39)36-12-13-37(17(2)16-36)29-20-14-22(32)19(27-21(31)8-7-9-23(27)33)15-24(20)38(30(40)35-29)28-18(3)34-11-10-25(28)42(4,5)41/h6-11,14-15,17H,1,12-13,16,33H2,2-5H3/t17-/m0/s1. The van der Waals surface area contributed by atoms with Crippen LogP contribution in [0.5, 0.6) is 0 Å². The Kier molecular flexibility index (Phi) is 7.49. The molecule has 9 nitrogen and oxygen atoms in total. The second-order valence-electron chi connectivity index (χ2n) is 10.8. The molecule has 12 heteroatoms. The van der Waals surface area contributed by atoms with Crippen molar-refractivity contribution in [3.05, 3.63) is 83.1 Å². The zero-order chi connectivity index (χ0) is 30.5. The van der Waals surface area contributed by atoms with E-state index in [1.54, 1.807) is 31.2 Å². The summed E-state index contributed by atoms with van der Waals surface area (Å²) in [5.41, 5.74) is 6.02. The number of fused-ring (bicyclic) bond motifs is 1. The van der Waals surface area contributed by atoms with Crippen molar-refractivity contribution < 1.29 is 18.1 Å². The summed E-state index contributed by atoms with van der Waals surface area (Å²) >= 11 is 0. The summed E-state index contributed by atoms with van der Waals surface area (Å²) in [5, 5.41) is 0.673. The van der Waals surface area contributed by atoms with Crippen LogP contribution in [0.15, 0.2) is 60.0 Å². The second kappa shape index (κ2) is 10.8. The molecule has 0 saturated carbocycles. The van der Waals surface area contributed by atoms with E-state index in [9.17, 15) is 14.2 Å². The van der Waals surface area contributed by atoms with Gasteiger partial charge >= 0.3 is 5.69 Å². The molecular weight excluding hydrogens is 561 g/mol. The molecule has 42 heavy (non-hydrogen) atoms. The molecule has 2 aromatic heterocycles. The van der Waals surface area contributed by atoms with Gasteiger partial charge in [-0.1, -0.05) is 12.6 Å². The van der Waals surface area contributed by atoms with Crippen LogP contribution in [0.25, 0.3) is 27.7 Å². The normalized spacial score (nSPS) is 15.7. The Morgan fingerprint density at radius 3 is 2.55 bits per heavy atom. The van der Waals surface area contributed by atoms with E-state index in [1.165, 1.54) is 47.2 Å². The quantitative estimate of drug-likeness (QED) is 0.211. The summed E-state index contributed by atoms with van der Waals surface area (Å²) in [5.74, 6) is -1.48.